The Labute approximate surface area is 178 Å². The number of ether oxygens (including phenoxy) is 1. The Morgan fingerprint density at radius 1 is 1.07 bits per heavy atom. The van der Waals surface area contributed by atoms with Crippen LogP contribution in [0.25, 0.3) is 0 Å². The van der Waals surface area contributed by atoms with E-state index in [4.69, 9.17) is 40.2 Å². The molecule has 0 fully saturated rings. The largest absolute Gasteiger partial charge is 0.483 e. The molecule has 0 unspecified atom stereocenters. The average molecular weight is 440 g/mol. The number of hydrogen-bond acceptors (Lipinski definition) is 4. The number of amides is 2. The number of hydrazine groups is 1. The van der Waals surface area contributed by atoms with Crippen LogP contribution in [0.2, 0.25) is 10.0 Å². The Balaban J connectivity index is 1.81. The predicted octanol–water partition coefficient (Wildman–Crippen LogP) is 3.83. The standard InChI is InChI=1S/C19H19Cl2N3O3S/c1-11(2)15-5-3-4-6-16(15)27-10-17(25)23-24-19(28)22-18(26)12-7-13(20)9-14(21)8-12/h3-9,11H,10H2,1-2H3,(H,23,25)(H2,22,24,26,28). The number of nitrogens with one attached hydrogen (secondary N) is 3. The molecule has 2 rings (SSSR count). The number of hydrogen-bond donors (Lipinski definition) is 3. The molecule has 28 heavy (non-hydrogen) atoms. The number of halogens is 2. The van der Waals surface area contributed by atoms with Gasteiger partial charge in [0, 0.05) is 15.6 Å². The summed E-state index contributed by atoms with van der Waals surface area (Å²) in [5.41, 5.74) is 6.04. The van der Waals surface area contributed by atoms with Gasteiger partial charge in [-0.05, 0) is 48.0 Å². The normalized spacial score (nSPS) is 10.3. The third-order valence-electron chi connectivity index (χ3n) is 3.57. The molecule has 0 aliphatic rings. The molecule has 0 bridgehead atoms. The van der Waals surface area contributed by atoms with Crippen molar-refractivity contribution in [2.75, 3.05) is 6.61 Å². The second kappa shape index (κ2) is 10.3. The van der Waals surface area contributed by atoms with E-state index in [2.05, 4.69) is 16.2 Å². The first-order valence-electron chi connectivity index (χ1n) is 8.34. The van der Waals surface area contributed by atoms with Crippen molar-refractivity contribution in [1.82, 2.24) is 16.2 Å². The highest BCUT2D eigenvalue weighted by Crippen LogP contribution is 2.25. The van der Waals surface area contributed by atoms with Crippen LogP contribution < -0.4 is 20.9 Å². The Morgan fingerprint density at radius 3 is 2.36 bits per heavy atom. The lowest BCUT2D eigenvalue weighted by molar-refractivity contribution is -0.123. The Morgan fingerprint density at radius 2 is 1.71 bits per heavy atom. The van der Waals surface area contributed by atoms with E-state index in [-0.39, 0.29) is 23.2 Å². The van der Waals surface area contributed by atoms with E-state index in [0.717, 1.165) is 5.56 Å². The number of benzene rings is 2. The monoisotopic (exact) mass is 439 g/mol. The van der Waals surface area contributed by atoms with Crippen molar-refractivity contribution >= 4 is 52.3 Å². The highest BCUT2D eigenvalue weighted by Gasteiger charge is 2.12. The van der Waals surface area contributed by atoms with Gasteiger partial charge in [-0.15, -0.1) is 0 Å². The molecule has 2 aromatic carbocycles. The molecule has 0 spiro atoms. The SMILES string of the molecule is CC(C)c1ccccc1OCC(=O)NNC(=S)NC(=O)c1cc(Cl)cc(Cl)c1. The highest BCUT2D eigenvalue weighted by atomic mass is 35.5. The molecule has 0 heterocycles. The summed E-state index contributed by atoms with van der Waals surface area (Å²) >= 11 is 16.7. The lowest BCUT2D eigenvalue weighted by Gasteiger charge is -2.14. The summed E-state index contributed by atoms with van der Waals surface area (Å²) in [5.74, 6) is -0.0687. The first-order valence-corrected chi connectivity index (χ1v) is 9.50. The third kappa shape index (κ3) is 6.67. The van der Waals surface area contributed by atoms with Crippen LogP contribution in [-0.2, 0) is 4.79 Å². The van der Waals surface area contributed by atoms with Gasteiger partial charge in [0.05, 0.1) is 0 Å². The van der Waals surface area contributed by atoms with Crippen molar-refractivity contribution in [3.8, 4) is 5.75 Å². The van der Waals surface area contributed by atoms with E-state index in [1.807, 2.05) is 32.0 Å². The van der Waals surface area contributed by atoms with Crippen molar-refractivity contribution < 1.29 is 14.3 Å². The van der Waals surface area contributed by atoms with Crippen LogP contribution in [0, 0.1) is 0 Å². The van der Waals surface area contributed by atoms with Crippen molar-refractivity contribution in [2.24, 2.45) is 0 Å². The van der Waals surface area contributed by atoms with E-state index >= 15 is 0 Å². The van der Waals surface area contributed by atoms with Gasteiger partial charge in [-0.25, -0.2) is 0 Å². The maximum absolute atomic E-state index is 12.1. The molecule has 2 aromatic rings. The Bertz CT molecular complexity index is 870. The maximum atomic E-state index is 12.1. The average Bonchev–Trinajstić information content (AvgIpc) is 2.64. The van der Waals surface area contributed by atoms with Crippen molar-refractivity contribution in [3.05, 3.63) is 63.6 Å². The number of thiocarbonyl (C=S) groups is 1. The van der Waals surface area contributed by atoms with Gasteiger partial charge in [0.15, 0.2) is 11.7 Å². The molecule has 0 saturated heterocycles. The zero-order chi connectivity index (χ0) is 20.7. The zero-order valence-electron chi connectivity index (χ0n) is 15.2. The van der Waals surface area contributed by atoms with Crippen molar-refractivity contribution in [2.45, 2.75) is 19.8 Å². The van der Waals surface area contributed by atoms with Crippen molar-refractivity contribution in [1.29, 1.82) is 0 Å². The molecule has 0 radical (unpaired) electrons. The van der Waals surface area contributed by atoms with E-state index in [9.17, 15) is 9.59 Å². The van der Waals surface area contributed by atoms with E-state index in [1.165, 1.54) is 18.2 Å². The molecule has 148 valence electrons. The van der Waals surface area contributed by atoms with Gasteiger partial charge < -0.3 is 4.74 Å². The second-order valence-electron chi connectivity index (χ2n) is 6.10. The van der Waals surface area contributed by atoms with Gasteiger partial charge in [0.25, 0.3) is 11.8 Å². The summed E-state index contributed by atoms with van der Waals surface area (Å²) in [5, 5.41) is 2.97. The van der Waals surface area contributed by atoms with Gasteiger partial charge in [0.2, 0.25) is 0 Å². The predicted molar refractivity (Wildman–Crippen MR) is 114 cm³/mol. The van der Waals surface area contributed by atoms with Crippen LogP contribution in [0.3, 0.4) is 0 Å². The fourth-order valence-corrected chi connectivity index (χ4v) is 2.96. The molecule has 0 aliphatic heterocycles. The Hall–Kier alpha value is -2.35. The fraction of sp³-hybridized carbons (Fsp3) is 0.211. The minimum absolute atomic E-state index is 0.0861. The molecule has 2 amide bonds. The minimum Gasteiger partial charge on any atom is -0.483 e. The van der Waals surface area contributed by atoms with Gasteiger partial charge >= 0.3 is 0 Å². The highest BCUT2D eigenvalue weighted by molar-refractivity contribution is 7.80. The quantitative estimate of drug-likeness (QED) is 0.487. The number of rotatable bonds is 5. The summed E-state index contributed by atoms with van der Waals surface area (Å²) in [4.78, 5) is 24.1. The summed E-state index contributed by atoms with van der Waals surface area (Å²) < 4.78 is 5.56. The Kier molecular flexibility index (Phi) is 8.04. The summed E-state index contributed by atoms with van der Waals surface area (Å²) in [7, 11) is 0. The first kappa shape index (κ1) is 21.9. The zero-order valence-corrected chi connectivity index (χ0v) is 17.5. The van der Waals surface area contributed by atoms with Gasteiger partial charge in [-0.1, -0.05) is 55.2 Å². The molecule has 0 saturated carbocycles. The van der Waals surface area contributed by atoms with Crippen LogP contribution in [0.1, 0.15) is 35.7 Å². The molecule has 9 heteroatoms. The lowest BCUT2D eigenvalue weighted by Crippen LogP contribution is -2.49. The summed E-state index contributed by atoms with van der Waals surface area (Å²) in [6.07, 6.45) is 0. The fourth-order valence-electron chi connectivity index (χ4n) is 2.29. The van der Waals surface area contributed by atoms with Crippen LogP contribution in [0.5, 0.6) is 5.75 Å². The number of carbonyl (C=O) groups excluding carboxylic acids is 2. The third-order valence-corrected chi connectivity index (χ3v) is 4.21. The van der Waals surface area contributed by atoms with Crippen LogP contribution in [-0.4, -0.2) is 23.5 Å². The lowest BCUT2D eigenvalue weighted by atomic mass is 10.0. The molecule has 0 aliphatic carbocycles. The topological polar surface area (TPSA) is 79.5 Å². The molecule has 0 atom stereocenters. The van der Waals surface area contributed by atoms with Gasteiger partial charge in [0.1, 0.15) is 5.75 Å². The van der Waals surface area contributed by atoms with E-state index in [0.29, 0.717) is 15.8 Å². The summed E-state index contributed by atoms with van der Waals surface area (Å²) in [6, 6.07) is 11.9. The maximum Gasteiger partial charge on any atom is 0.276 e. The first-order chi connectivity index (χ1) is 13.3. The number of carbonyl (C=O) groups is 2. The van der Waals surface area contributed by atoms with Gasteiger partial charge in [-0.2, -0.15) is 0 Å². The van der Waals surface area contributed by atoms with Gasteiger partial charge in [-0.3, -0.25) is 25.8 Å². The van der Waals surface area contributed by atoms with Crippen LogP contribution in [0.15, 0.2) is 42.5 Å². The smallest absolute Gasteiger partial charge is 0.276 e. The van der Waals surface area contributed by atoms with Crippen molar-refractivity contribution in [3.63, 3.8) is 0 Å². The summed E-state index contributed by atoms with van der Waals surface area (Å²) in [6.45, 7) is 3.87. The molecule has 6 nitrogen and oxygen atoms in total. The van der Waals surface area contributed by atoms with E-state index < -0.39 is 11.8 Å². The molecule has 3 N–H and O–H groups in total. The van der Waals surface area contributed by atoms with Crippen LogP contribution >= 0.6 is 35.4 Å². The molecular weight excluding hydrogens is 421 g/mol. The molecular formula is C19H19Cl2N3O3S. The number of para-hydroxylation sites is 1. The van der Waals surface area contributed by atoms with Crippen LogP contribution in [0.4, 0.5) is 0 Å². The minimum atomic E-state index is -0.516. The van der Waals surface area contributed by atoms with E-state index in [1.54, 1.807) is 6.07 Å². The second-order valence-corrected chi connectivity index (χ2v) is 7.38. The molecule has 0 aromatic heterocycles.